The summed E-state index contributed by atoms with van der Waals surface area (Å²) in [6.07, 6.45) is 3.36. The summed E-state index contributed by atoms with van der Waals surface area (Å²) in [5.74, 6) is 1.54. The Morgan fingerprint density at radius 3 is 2.96 bits per heavy atom. The van der Waals surface area contributed by atoms with Crippen molar-refractivity contribution in [2.45, 2.75) is 19.8 Å². The Morgan fingerprint density at radius 2 is 2.12 bits per heavy atom. The van der Waals surface area contributed by atoms with Crippen LogP contribution in [0.1, 0.15) is 18.5 Å². The van der Waals surface area contributed by atoms with Crippen molar-refractivity contribution in [1.82, 2.24) is 19.6 Å². The summed E-state index contributed by atoms with van der Waals surface area (Å²) >= 11 is 0. The Morgan fingerprint density at radius 1 is 1.28 bits per heavy atom. The Bertz CT molecular complexity index is 891. The smallest absolute Gasteiger partial charge is 0.254 e. The van der Waals surface area contributed by atoms with Gasteiger partial charge in [-0.25, -0.2) is 4.98 Å². The number of piperidine rings is 1. The van der Waals surface area contributed by atoms with Gasteiger partial charge in [0.25, 0.3) is 5.78 Å². The maximum absolute atomic E-state index is 12.6. The van der Waals surface area contributed by atoms with Gasteiger partial charge in [-0.05, 0) is 31.9 Å². The monoisotopic (exact) mass is 336 g/mol. The molecule has 1 aliphatic rings. The summed E-state index contributed by atoms with van der Waals surface area (Å²) in [4.78, 5) is 23.4. The molecule has 1 amide bonds. The van der Waals surface area contributed by atoms with E-state index in [1.54, 1.807) is 4.52 Å². The first-order valence-corrected chi connectivity index (χ1v) is 8.49. The van der Waals surface area contributed by atoms with Crippen molar-refractivity contribution in [1.29, 1.82) is 0 Å². The third-order valence-electron chi connectivity index (χ3n) is 4.52. The number of nitrogens with zero attached hydrogens (tertiary/aromatic N) is 5. The average Bonchev–Trinajstić information content (AvgIpc) is 3.10. The van der Waals surface area contributed by atoms with Gasteiger partial charge in [-0.2, -0.15) is 14.6 Å². The summed E-state index contributed by atoms with van der Waals surface area (Å²) in [7, 11) is 0. The maximum Gasteiger partial charge on any atom is 0.254 e. The second kappa shape index (κ2) is 6.51. The molecule has 0 radical (unpaired) electrons. The summed E-state index contributed by atoms with van der Waals surface area (Å²) in [6.45, 7) is 3.51. The number of benzene rings is 1. The van der Waals surface area contributed by atoms with Crippen LogP contribution in [0.15, 0.2) is 42.7 Å². The van der Waals surface area contributed by atoms with Gasteiger partial charge in [0.1, 0.15) is 12.1 Å². The van der Waals surface area contributed by atoms with Crippen LogP contribution in [0.5, 0.6) is 0 Å². The number of carbonyl (C=O) groups is 1. The second-order valence-corrected chi connectivity index (χ2v) is 6.37. The molecule has 7 heteroatoms. The minimum atomic E-state index is -0.0546. The molecule has 0 spiro atoms. The van der Waals surface area contributed by atoms with Gasteiger partial charge in [-0.15, -0.1) is 0 Å². The van der Waals surface area contributed by atoms with Gasteiger partial charge in [0, 0.05) is 30.5 Å². The normalized spacial score (nSPS) is 17.6. The van der Waals surface area contributed by atoms with E-state index in [1.165, 1.54) is 6.33 Å². The van der Waals surface area contributed by atoms with Crippen LogP contribution >= 0.6 is 0 Å². The van der Waals surface area contributed by atoms with Crippen molar-refractivity contribution < 1.29 is 4.79 Å². The van der Waals surface area contributed by atoms with Crippen molar-refractivity contribution in [3.8, 4) is 0 Å². The molecule has 4 rings (SSSR count). The van der Waals surface area contributed by atoms with Gasteiger partial charge < -0.3 is 10.2 Å². The van der Waals surface area contributed by atoms with Gasteiger partial charge in [0.05, 0.1) is 5.92 Å². The molecule has 1 aromatic carbocycles. The quantitative estimate of drug-likeness (QED) is 0.794. The number of carbonyl (C=O) groups excluding carboxylic acids is 1. The van der Waals surface area contributed by atoms with Crippen LogP contribution in [-0.4, -0.2) is 38.6 Å². The molecule has 2 aromatic heterocycles. The molecule has 1 fully saturated rings. The summed E-state index contributed by atoms with van der Waals surface area (Å²) in [5.41, 5.74) is 1.73. The number of hydrogen-bond acceptors (Lipinski definition) is 5. The molecule has 25 heavy (non-hydrogen) atoms. The number of anilines is 2. The zero-order valence-corrected chi connectivity index (χ0v) is 14.1. The number of fused-ring (bicyclic) bond motifs is 1. The largest absolute Gasteiger partial charge is 0.356 e. The Kier molecular flexibility index (Phi) is 4.05. The average molecular weight is 336 g/mol. The molecule has 0 bridgehead atoms. The molecule has 0 unspecified atom stereocenters. The molecular weight excluding hydrogens is 316 g/mol. The highest BCUT2D eigenvalue weighted by Crippen LogP contribution is 2.24. The summed E-state index contributed by atoms with van der Waals surface area (Å²) in [6, 6.07) is 11.6. The zero-order valence-electron chi connectivity index (χ0n) is 14.1. The lowest BCUT2D eigenvalue weighted by Crippen LogP contribution is -2.41. The van der Waals surface area contributed by atoms with Crippen LogP contribution in [0.4, 0.5) is 11.5 Å². The highest BCUT2D eigenvalue weighted by atomic mass is 16.1. The lowest BCUT2D eigenvalue weighted by Gasteiger charge is -2.33. The third kappa shape index (κ3) is 3.17. The molecule has 1 saturated heterocycles. The van der Waals surface area contributed by atoms with Gasteiger partial charge in [-0.3, -0.25) is 4.79 Å². The fourth-order valence-electron chi connectivity index (χ4n) is 3.30. The number of para-hydroxylation sites is 1. The van der Waals surface area contributed by atoms with Crippen molar-refractivity contribution in [3.63, 3.8) is 0 Å². The summed E-state index contributed by atoms with van der Waals surface area (Å²) < 4.78 is 1.74. The fraction of sp³-hybridized carbons (Fsp3) is 0.333. The van der Waals surface area contributed by atoms with Gasteiger partial charge >= 0.3 is 0 Å². The van der Waals surface area contributed by atoms with Gasteiger partial charge in [-0.1, -0.05) is 18.2 Å². The zero-order chi connectivity index (χ0) is 17.2. The van der Waals surface area contributed by atoms with E-state index in [9.17, 15) is 4.79 Å². The standard InChI is InChI=1S/C18H20N6O/c1-13-10-16(24-18(21-13)19-12-20-24)23-9-5-6-14(11-23)17(25)22-15-7-3-2-4-8-15/h2-4,7-8,10,12,14H,5-6,9,11H2,1H3,(H,22,25)/t14-/m1/s1. The molecule has 1 N–H and O–H groups in total. The number of hydrogen-bond donors (Lipinski definition) is 1. The van der Waals surface area contributed by atoms with Crippen molar-refractivity contribution in [2.24, 2.45) is 5.92 Å². The first-order valence-electron chi connectivity index (χ1n) is 8.49. The predicted octanol–water partition coefficient (Wildman–Crippen LogP) is 2.29. The molecule has 3 aromatic rings. The highest BCUT2D eigenvalue weighted by Gasteiger charge is 2.27. The van der Waals surface area contributed by atoms with E-state index in [0.29, 0.717) is 12.3 Å². The second-order valence-electron chi connectivity index (χ2n) is 6.37. The van der Waals surface area contributed by atoms with E-state index in [1.807, 2.05) is 43.3 Å². The number of aromatic nitrogens is 4. The van der Waals surface area contributed by atoms with Crippen molar-refractivity contribution in [2.75, 3.05) is 23.3 Å². The lowest BCUT2D eigenvalue weighted by atomic mass is 9.97. The van der Waals surface area contributed by atoms with E-state index >= 15 is 0 Å². The third-order valence-corrected chi connectivity index (χ3v) is 4.52. The molecule has 128 valence electrons. The Hall–Kier alpha value is -2.96. The predicted molar refractivity (Wildman–Crippen MR) is 95.5 cm³/mol. The van der Waals surface area contributed by atoms with Crippen LogP contribution in [0.3, 0.4) is 0 Å². The fourth-order valence-corrected chi connectivity index (χ4v) is 3.30. The number of rotatable bonds is 3. The highest BCUT2D eigenvalue weighted by molar-refractivity contribution is 5.93. The van der Waals surface area contributed by atoms with Crippen LogP contribution < -0.4 is 10.2 Å². The van der Waals surface area contributed by atoms with Crippen LogP contribution in [0.25, 0.3) is 5.78 Å². The summed E-state index contributed by atoms with van der Waals surface area (Å²) in [5, 5.41) is 7.29. The van der Waals surface area contributed by atoms with E-state index in [2.05, 4.69) is 25.3 Å². The number of nitrogens with one attached hydrogen (secondary N) is 1. The first kappa shape index (κ1) is 15.6. The molecule has 1 aliphatic heterocycles. The minimum absolute atomic E-state index is 0.0546. The Balaban J connectivity index is 1.54. The van der Waals surface area contributed by atoms with Gasteiger partial charge in [0.15, 0.2) is 0 Å². The van der Waals surface area contributed by atoms with Crippen LogP contribution in [-0.2, 0) is 4.79 Å². The maximum atomic E-state index is 12.6. The molecule has 3 heterocycles. The van der Waals surface area contributed by atoms with E-state index in [-0.39, 0.29) is 11.8 Å². The molecular formula is C18H20N6O. The SMILES string of the molecule is Cc1cc(N2CCC[C@@H](C(=O)Nc3ccccc3)C2)n2ncnc2n1. The lowest BCUT2D eigenvalue weighted by molar-refractivity contribution is -0.120. The van der Waals surface area contributed by atoms with Crippen molar-refractivity contribution >= 4 is 23.2 Å². The molecule has 1 atom stereocenters. The number of aryl methyl sites for hydroxylation is 1. The van der Waals surface area contributed by atoms with E-state index < -0.39 is 0 Å². The van der Waals surface area contributed by atoms with E-state index in [4.69, 9.17) is 0 Å². The topological polar surface area (TPSA) is 75.4 Å². The first-order chi connectivity index (χ1) is 12.2. The number of amides is 1. The van der Waals surface area contributed by atoms with E-state index in [0.717, 1.165) is 36.6 Å². The van der Waals surface area contributed by atoms with Gasteiger partial charge in [0.2, 0.25) is 5.91 Å². The Labute approximate surface area is 145 Å². The molecule has 7 nitrogen and oxygen atoms in total. The minimum Gasteiger partial charge on any atom is -0.356 e. The van der Waals surface area contributed by atoms with Crippen molar-refractivity contribution in [3.05, 3.63) is 48.4 Å². The molecule has 0 aliphatic carbocycles. The van der Waals surface area contributed by atoms with Crippen LogP contribution in [0, 0.1) is 12.8 Å². The van der Waals surface area contributed by atoms with Crippen LogP contribution in [0.2, 0.25) is 0 Å². The molecule has 0 saturated carbocycles.